The summed E-state index contributed by atoms with van der Waals surface area (Å²) in [5.41, 5.74) is 1.52. The second kappa shape index (κ2) is 6.92. The van der Waals surface area contributed by atoms with Gasteiger partial charge < -0.3 is 10.1 Å². The van der Waals surface area contributed by atoms with Gasteiger partial charge in [0.15, 0.2) is 0 Å². The van der Waals surface area contributed by atoms with Gasteiger partial charge in [-0.25, -0.2) is 0 Å². The number of hydrogen-bond acceptors (Lipinski definition) is 2. The summed E-state index contributed by atoms with van der Waals surface area (Å²) in [6.07, 6.45) is 0. The Morgan fingerprint density at radius 3 is 2.47 bits per heavy atom. The molecular weight excluding hydrogens is 262 g/mol. The molecule has 0 aromatic heterocycles. The molecule has 0 spiro atoms. The Bertz CT molecular complexity index is 543. The fourth-order valence-corrected chi connectivity index (χ4v) is 1.77. The van der Waals surface area contributed by atoms with Gasteiger partial charge in [-0.05, 0) is 23.8 Å². The average molecular weight is 276 g/mol. The van der Waals surface area contributed by atoms with Crippen LogP contribution in [0.1, 0.15) is 15.9 Å². The Morgan fingerprint density at radius 2 is 1.74 bits per heavy atom. The van der Waals surface area contributed by atoms with E-state index in [-0.39, 0.29) is 12.6 Å². The van der Waals surface area contributed by atoms with Crippen LogP contribution in [0.4, 0.5) is 0 Å². The van der Waals surface area contributed by atoms with E-state index in [1.165, 1.54) is 0 Å². The number of carbonyl (C=O) groups excluding carboxylic acids is 1. The first-order valence-corrected chi connectivity index (χ1v) is 6.29. The molecule has 19 heavy (non-hydrogen) atoms. The summed E-state index contributed by atoms with van der Waals surface area (Å²) in [5, 5.41) is 3.35. The molecule has 0 heterocycles. The van der Waals surface area contributed by atoms with E-state index in [4.69, 9.17) is 16.3 Å². The quantitative estimate of drug-likeness (QED) is 0.672. The largest absolute Gasteiger partial charge is 0.357 e. The Labute approximate surface area is 117 Å². The van der Waals surface area contributed by atoms with Crippen molar-refractivity contribution in [3.05, 3.63) is 70.7 Å². The molecule has 0 aliphatic heterocycles. The predicted molar refractivity (Wildman–Crippen MR) is 75.0 cm³/mol. The first-order valence-electron chi connectivity index (χ1n) is 5.92. The summed E-state index contributed by atoms with van der Waals surface area (Å²) in [5.74, 6) is -0.153. The van der Waals surface area contributed by atoms with Crippen molar-refractivity contribution < 1.29 is 9.53 Å². The van der Waals surface area contributed by atoms with Gasteiger partial charge in [0.05, 0.1) is 6.61 Å². The minimum atomic E-state index is -0.153. The van der Waals surface area contributed by atoms with E-state index < -0.39 is 0 Å². The maximum Gasteiger partial charge on any atom is 0.253 e. The molecule has 0 saturated heterocycles. The zero-order valence-electron chi connectivity index (χ0n) is 10.3. The molecule has 1 N–H and O–H groups in total. The van der Waals surface area contributed by atoms with Crippen LogP contribution in [0.25, 0.3) is 0 Å². The van der Waals surface area contributed by atoms with Gasteiger partial charge in [0.2, 0.25) is 0 Å². The van der Waals surface area contributed by atoms with Crippen LogP contribution in [0.2, 0.25) is 5.02 Å². The maximum absolute atomic E-state index is 11.7. The lowest BCUT2D eigenvalue weighted by Crippen LogP contribution is -2.25. The van der Waals surface area contributed by atoms with Crippen LogP contribution in [0.3, 0.4) is 0 Å². The van der Waals surface area contributed by atoms with Crippen LogP contribution in [0, 0.1) is 0 Å². The van der Waals surface area contributed by atoms with Crippen LogP contribution in [0.15, 0.2) is 54.6 Å². The smallest absolute Gasteiger partial charge is 0.253 e. The maximum atomic E-state index is 11.7. The second-order valence-corrected chi connectivity index (χ2v) is 4.36. The number of carbonyl (C=O) groups is 1. The molecule has 2 rings (SSSR count). The van der Waals surface area contributed by atoms with Crippen molar-refractivity contribution in [3.63, 3.8) is 0 Å². The average Bonchev–Trinajstić information content (AvgIpc) is 2.46. The van der Waals surface area contributed by atoms with E-state index in [1.807, 2.05) is 42.5 Å². The minimum Gasteiger partial charge on any atom is -0.357 e. The van der Waals surface area contributed by atoms with Crippen molar-refractivity contribution in [1.29, 1.82) is 0 Å². The van der Waals surface area contributed by atoms with Gasteiger partial charge in [0.1, 0.15) is 6.73 Å². The number of amides is 1. The molecule has 1 amide bonds. The van der Waals surface area contributed by atoms with Crippen LogP contribution < -0.4 is 5.32 Å². The van der Waals surface area contributed by atoms with Gasteiger partial charge in [-0.2, -0.15) is 0 Å². The molecule has 0 saturated carbocycles. The zero-order valence-corrected chi connectivity index (χ0v) is 11.1. The monoisotopic (exact) mass is 275 g/mol. The van der Waals surface area contributed by atoms with Crippen LogP contribution in [-0.2, 0) is 11.3 Å². The molecule has 0 fully saturated rings. The molecule has 2 aromatic rings. The third kappa shape index (κ3) is 4.09. The van der Waals surface area contributed by atoms with Crippen LogP contribution in [-0.4, -0.2) is 12.6 Å². The lowest BCUT2D eigenvalue weighted by atomic mass is 10.2. The summed E-state index contributed by atoms with van der Waals surface area (Å²) in [7, 11) is 0. The van der Waals surface area contributed by atoms with Crippen molar-refractivity contribution in [1.82, 2.24) is 5.32 Å². The van der Waals surface area contributed by atoms with Crippen LogP contribution >= 0.6 is 11.6 Å². The van der Waals surface area contributed by atoms with Crippen molar-refractivity contribution in [3.8, 4) is 0 Å². The molecule has 98 valence electrons. The first-order chi connectivity index (χ1) is 9.27. The van der Waals surface area contributed by atoms with Gasteiger partial charge in [-0.15, -0.1) is 0 Å². The highest BCUT2D eigenvalue weighted by Gasteiger charge is 2.03. The van der Waals surface area contributed by atoms with E-state index >= 15 is 0 Å². The summed E-state index contributed by atoms with van der Waals surface area (Å²) < 4.78 is 5.38. The molecule has 0 bridgehead atoms. The lowest BCUT2D eigenvalue weighted by molar-refractivity contribution is 0.0751. The number of nitrogens with one attached hydrogen (secondary N) is 1. The fourth-order valence-electron chi connectivity index (χ4n) is 1.58. The fraction of sp³-hybridized carbons (Fsp3) is 0.133. The molecule has 0 aliphatic rings. The Morgan fingerprint density at radius 1 is 1.05 bits per heavy atom. The van der Waals surface area contributed by atoms with Crippen molar-refractivity contribution in [2.24, 2.45) is 0 Å². The standard InChI is InChI=1S/C15H14ClNO2/c16-14-9-5-4-8-13(14)10-19-11-17-15(18)12-6-2-1-3-7-12/h1-9H,10-11H2,(H,17,18). The predicted octanol–water partition coefficient (Wildman–Crippen LogP) is 3.24. The van der Waals surface area contributed by atoms with Gasteiger partial charge in [-0.1, -0.05) is 48.0 Å². The Balaban J connectivity index is 1.76. The van der Waals surface area contributed by atoms with E-state index in [2.05, 4.69) is 5.32 Å². The number of ether oxygens (including phenoxy) is 1. The molecule has 0 atom stereocenters. The molecular formula is C15H14ClNO2. The highest BCUT2D eigenvalue weighted by molar-refractivity contribution is 6.31. The van der Waals surface area contributed by atoms with Crippen molar-refractivity contribution in [2.45, 2.75) is 6.61 Å². The van der Waals surface area contributed by atoms with Gasteiger partial charge >= 0.3 is 0 Å². The molecule has 3 nitrogen and oxygen atoms in total. The summed E-state index contributed by atoms with van der Waals surface area (Å²) >= 11 is 5.99. The number of halogens is 1. The second-order valence-electron chi connectivity index (χ2n) is 3.96. The number of rotatable bonds is 5. The molecule has 0 radical (unpaired) electrons. The topological polar surface area (TPSA) is 38.3 Å². The third-order valence-corrected chi connectivity index (χ3v) is 2.95. The highest BCUT2D eigenvalue weighted by atomic mass is 35.5. The normalized spacial score (nSPS) is 10.2. The highest BCUT2D eigenvalue weighted by Crippen LogP contribution is 2.15. The summed E-state index contributed by atoms with van der Waals surface area (Å²) in [6.45, 7) is 0.522. The number of hydrogen-bond donors (Lipinski definition) is 1. The van der Waals surface area contributed by atoms with E-state index in [0.717, 1.165) is 5.56 Å². The molecule has 0 unspecified atom stereocenters. The SMILES string of the molecule is O=C(NCOCc1ccccc1Cl)c1ccccc1. The minimum absolute atomic E-state index is 0.152. The lowest BCUT2D eigenvalue weighted by Gasteiger charge is -2.07. The number of benzene rings is 2. The molecule has 2 aromatic carbocycles. The van der Waals surface area contributed by atoms with E-state index in [0.29, 0.717) is 17.2 Å². The van der Waals surface area contributed by atoms with Crippen molar-refractivity contribution >= 4 is 17.5 Å². The first kappa shape index (κ1) is 13.6. The Hall–Kier alpha value is -1.84. The molecule has 4 heteroatoms. The Kier molecular flexibility index (Phi) is 4.95. The van der Waals surface area contributed by atoms with Gasteiger partial charge in [0, 0.05) is 10.6 Å². The summed E-state index contributed by atoms with van der Waals surface area (Å²) in [4.78, 5) is 11.7. The van der Waals surface area contributed by atoms with Gasteiger partial charge in [0.25, 0.3) is 5.91 Å². The third-order valence-electron chi connectivity index (χ3n) is 2.59. The van der Waals surface area contributed by atoms with Crippen molar-refractivity contribution in [2.75, 3.05) is 6.73 Å². The van der Waals surface area contributed by atoms with E-state index in [1.54, 1.807) is 12.1 Å². The van der Waals surface area contributed by atoms with Gasteiger partial charge in [-0.3, -0.25) is 4.79 Å². The molecule has 0 aliphatic carbocycles. The zero-order chi connectivity index (χ0) is 13.5. The van der Waals surface area contributed by atoms with E-state index in [9.17, 15) is 4.79 Å². The summed E-state index contributed by atoms with van der Waals surface area (Å²) in [6, 6.07) is 16.5. The van der Waals surface area contributed by atoms with Crippen LogP contribution in [0.5, 0.6) is 0 Å².